The summed E-state index contributed by atoms with van der Waals surface area (Å²) in [6.45, 7) is 5.77. The first-order valence-electron chi connectivity index (χ1n) is 4.21. The normalized spacial score (nSPS) is 15.2. The molecule has 0 spiro atoms. The first-order valence-corrected chi connectivity index (χ1v) is 4.21. The largest absolute Gasteiger partial charge is 0.478 e. The van der Waals surface area contributed by atoms with Crippen molar-refractivity contribution < 1.29 is 4.74 Å². The van der Waals surface area contributed by atoms with Gasteiger partial charge in [-0.2, -0.15) is 0 Å². The minimum absolute atomic E-state index is 0.636. The molecule has 64 valence electrons. The van der Waals surface area contributed by atoms with Crippen molar-refractivity contribution in [1.82, 2.24) is 5.32 Å². The Morgan fingerprint density at radius 3 is 3.00 bits per heavy atom. The predicted octanol–water partition coefficient (Wildman–Crippen LogP) is 1.74. The average molecular weight is 163 g/mol. The minimum atomic E-state index is 0.636. The van der Waals surface area contributed by atoms with Gasteiger partial charge in [0, 0.05) is 12.1 Å². The van der Waals surface area contributed by atoms with E-state index in [9.17, 15) is 0 Å². The molecule has 1 aliphatic heterocycles. The Morgan fingerprint density at radius 1 is 1.33 bits per heavy atom. The second-order valence-electron chi connectivity index (χ2n) is 3.29. The summed E-state index contributed by atoms with van der Waals surface area (Å²) in [5.41, 5.74) is 3.82. The third kappa shape index (κ3) is 1.18. The van der Waals surface area contributed by atoms with Crippen LogP contribution in [0.15, 0.2) is 12.1 Å². The van der Waals surface area contributed by atoms with E-state index in [2.05, 4.69) is 31.3 Å². The molecule has 2 heteroatoms. The summed E-state index contributed by atoms with van der Waals surface area (Å²) < 4.78 is 5.50. The molecule has 0 atom stereocenters. The maximum absolute atomic E-state index is 5.50. The maximum atomic E-state index is 5.50. The van der Waals surface area contributed by atoms with Gasteiger partial charge in [-0.15, -0.1) is 0 Å². The summed E-state index contributed by atoms with van der Waals surface area (Å²) in [5, 5.41) is 3.17. The van der Waals surface area contributed by atoms with Gasteiger partial charge in [0.25, 0.3) is 0 Å². The van der Waals surface area contributed by atoms with Crippen LogP contribution in [0.2, 0.25) is 0 Å². The van der Waals surface area contributed by atoms with Gasteiger partial charge in [-0.3, -0.25) is 5.32 Å². The second-order valence-corrected chi connectivity index (χ2v) is 3.29. The maximum Gasteiger partial charge on any atom is 0.139 e. The summed E-state index contributed by atoms with van der Waals surface area (Å²) in [6, 6.07) is 4.33. The van der Waals surface area contributed by atoms with E-state index < -0.39 is 0 Å². The van der Waals surface area contributed by atoms with Gasteiger partial charge >= 0.3 is 0 Å². The van der Waals surface area contributed by atoms with Gasteiger partial charge in [-0.05, 0) is 19.4 Å². The molecule has 0 unspecified atom stereocenters. The number of fused-ring (bicyclic) bond motifs is 1. The highest BCUT2D eigenvalue weighted by Gasteiger charge is 2.11. The van der Waals surface area contributed by atoms with Crippen LogP contribution in [0.5, 0.6) is 5.75 Å². The fourth-order valence-electron chi connectivity index (χ4n) is 1.69. The topological polar surface area (TPSA) is 21.3 Å². The van der Waals surface area contributed by atoms with Crippen LogP contribution >= 0.6 is 0 Å². The number of ether oxygens (including phenoxy) is 1. The second kappa shape index (κ2) is 2.79. The van der Waals surface area contributed by atoms with Gasteiger partial charge in [0.15, 0.2) is 0 Å². The summed E-state index contributed by atoms with van der Waals surface area (Å²) in [7, 11) is 0. The minimum Gasteiger partial charge on any atom is -0.478 e. The Morgan fingerprint density at radius 2 is 2.17 bits per heavy atom. The Balaban J connectivity index is 2.53. The van der Waals surface area contributed by atoms with Gasteiger partial charge in [-0.25, -0.2) is 0 Å². The molecule has 0 aromatic heterocycles. The van der Waals surface area contributed by atoms with E-state index in [1.807, 2.05) is 0 Å². The Labute approximate surface area is 72.5 Å². The molecule has 1 aromatic carbocycles. The fraction of sp³-hybridized carbons (Fsp3) is 0.400. The van der Waals surface area contributed by atoms with Crippen LogP contribution in [-0.2, 0) is 6.54 Å². The van der Waals surface area contributed by atoms with Crippen LogP contribution in [-0.4, -0.2) is 6.73 Å². The van der Waals surface area contributed by atoms with Crippen molar-refractivity contribution >= 4 is 0 Å². The molecule has 2 rings (SSSR count). The van der Waals surface area contributed by atoms with Gasteiger partial charge in [-0.1, -0.05) is 17.7 Å². The number of hydrogen-bond acceptors (Lipinski definition) is 2. The number of nitrogens with one attached hydrogen (secondary N) is 1. The number of aryl methyl sites for hydroxylation is 2. The lowest BCUT2D eigenvalue weighted by Crippen LogP contribution is -2.25. The standard InChI is InChI=1S/C10H13NO/c1-7-3-8(2)10-9(4-7)5-11-6-12-10/h3-4,11H,5-6H2,1-2H3. The predicted molar refractivity (Wildman–Crippen MR) is 48.3 cm³/mol. The highest BCUT2D eigenvalue weighted by atomic mass is 16.5. The summed E-state index contributed by atoms with van der Waals surface area (Å²) in [4.78, 5) is 0. The van der Waals surface area contributed by atoms with Crippen LogP contribution in [0, 0.1) is 13.8 Å². The van der Waals surface area contributed by atoms with E-state index >= 15 is 0 Å². The molecule has 2 nitrogen and oxygen atoms in total. The molecule has 1 N–H and O–H groups in total. The monoisotopic (exact) mass is 163 g/mol. The number of benzene rings is 1. The quantitative estimate of drug-likeness (QED) is 0.629. The fourth-order valence-corrected chi connectivity index (χ4v) is 1.69. The summed E-state index contributed by atoms with van der Waals surface area (Å²) in [6.07, 6.45) is 0. The van der Waals surface area contributed by atoms with Gasteiger partial charge in [0.1, 0.15) is 12.5 Å². The SMILES string of the molecule is Cc1cc(C)c2c(c1)CNCO2. The van der Waals surface area contributed by atoms with Crippen LogP contribution in [0.3, 0.4) is 0 Å². The van der Waals surface area contributed by atoms with Crippen LogP contribution in [0.25, 0.3) is 0 Å². The Kier molecular flexibility index (Phi) is 1.77. The molecule has 0 saturated carbocycles. The van der Waals surface area contributed by atoms with E-state index in [0.29, 0.717) is 6.73 Å². The Bertz CT molecular complexity index is 307. The molecule has 12 heavy (non-hydrogen) atoms. The molecular weight excluding hydrogens is 150 g/mol. The molecule has 0 bridgehead atoms. The van der Waals surface area contributed by atoms with Crippen molar-refractivity contribution in [2.24, 2.45) is 0 Å². The summed E-state index contributed by atoms with van der Waals surface area (Å²) >= 11 is 0. The van der Waals surface area contributed by atoms with E-state index in [0.717, 1.165) is 12.3 Å². The zero-order valence-electron chi connectivity index (χ0n) is 7.48. The average Bonchev–Trinajstić information content (AvgIpc) is 2.04. The van der Waals surface area contributed by atoms with Gasteiger partial charge in [0.2, 0.25) is 0 Å². The smallest absolute Gasteiger partial charge is 0.139 e. The molecule has 1 aliphatic rings. The molecule has 1 aromatic rings. The molecular formula is C10H13NO. The highest BCUT2D eigenvalue weighted by Crippen LogP contribution is 2.26. The molecule has 0 fully saturated rings. The first-order chi connectivity index (χ1) is 5.77. The van der Waals surface area contributed by atoms with Crippen molar-refractivity contribution in [2.75, 3.05) is 6.73 Å². The van der Waals surface area contributed by atoms with Crippen molar-refractivity contribution in [3.63, 3.8) is 0 Å². The van der Waals surface area contributed by atoms with Crippen molar-refractivity contribution in [2.45, 2.75) is 20.4 Å². The zero-order chi connectivity index (χ0) is 8.55. The van der Waals surface area contributed by atoms with Crippen LogP contribution in [0.1, 0.15) is 16.7 Å². The van der Waals surface area contributed by atoms with E-state index in [-0.39, 0.29) is 0 Å². The zero-order valence-corrected chi connectivity index (χ0v) is 7.48. The number of hydrogen-bond donors (Lipinski definition) is 1. The van der Waals surface area contributed by atoms with E-state index in [1.165, 1.54) is 16.7 Å². The van der Waals surface area contributed by atoms with Gasteiger partial charge in [0.05, 0.1) is 0 Å². The van der Waals surface area contributed by atoms with Crippen molar-refractivity contribution in [1.29, 1.82) is 0 Å². The van der Waals surface area contributed by atoms with Crippen molar-refractivity contribution in [3.05, 3.63) is 28.8 Å². The van der Waals surface area contributed by atoms with Crippen molar-refractivity contribution in [3.8, 4) is 5.75 Å². The third-order valence-corrected chi connectivity index (χ3v) is 2.13. The van der Waals surface area contributed by atoms with Crippen LogP contribution < -0.4 is 10.1 Å². The Hall–Kier alpha value is -1.02. The molecule has 1 heterocycles. The molecule has 0 amide bonds. The highest BCUT2D eigenvalue weighted by molar-refractivity contribution is 5.44. The lowest BCUT2D eigenvalue weighted by atomic mass is 10.1. The lowest BCUT2D eigenvalue weighted by Gasteiger charge is -2.20. The van der Waals surface area contributed by atoms with Gasteiger partial charge < -0.3 is 4.74 Å². The molecule has 0 saturated heterocycles. The lowest BCUT2D eigenvalue weighted by molar-refractivity contribution is 0.255. The first kappa shape index (κ1) is 7.62. The van der Waals surface area contributed by atoms with Crippen LogP contribution in [0.4, 0.5) is 0 Å². The number of rotatable bonds is 0. The molecule has 0 radical (unpaired) electrons. The van der Waals surface area contributed by atoms with E-state index in [4.69, 9.17) is 4.74 Å². The molecule has 0 aliphatic carbocycles. The van der Waals surface area contributed by atoms with E-state index in [1.54, 1.807) is 0 Å². The summed E-state index contributed by atoms with van der Waals surface area (Å²) in [5.74, 6) is 1.07. The third-order valence-electron chi connectivity index (χ3n) is 2.13.